The third kappa shape index (κ3) is 5.40. The van der Waals surface area contributed by atoms with Gasteiger partial charge in [0.2, 0.25) is 0 Å². The Hall–Kier alpha value is -2.00. The van der Waals surface area contributed by atoms with Crippen LogP contribution in [0.5, 0.6) is 5.75 Å². The normalized spacial score (nSPS) is 32.1. The molecule has 1 unspecified atom stereocenters. The molecule has 2 fully saturated rings. The Bertz CT molecular complexity index is 913. The van der Waals surface area contributed by atoms with Gasteiger partial charge in [0.1, 0.15) is 42.4 Å². The van der Waals surface area contributed by atoms with Crippen LogP contribution < -0.4 is 4.74 Å². The largest absolute Gasteiger partial charge is 0.490 e. The number of rotatable bonds is 7. The van der Waals surface area contributed by atoms with E-state index in [0.29, 0.717) is 12.0 Å². The van der Waals surface area contributed by atoms with Gasteiger partial charge < -0.3 is 34.6 Å². The fraction of sp³-hybridized carbons (Fsp3) is 0.538. The summed E-state index contributed by atoms with van der Waals surface area (Å²) in [5.74, 6) is 0.854. The molecule has 7 heteroatoms. The highest BCUT2D eigenvalue weighted by Crippen LogP contribution is 2.34. The van der Waals surface area contributed by atoms with E-state index in [-0.39, 0.29) is 12.2 Å². The molecule has 180 valence electrons. The number of ether oxygens (including phenoxy) is 3. The maximum absolute atomic E-state index is 10.5. The van der Waals surface area contributed by atoms with Crippen LogP contribution in [0.25, 0.3) is 0 Å². The molecule has 1 saturated carbocycles. The van der Waals surface area contributed by atoms with Crippen molar-refractivity contribution in [2.75, 3.05) is 13.7 Å². The summed E-state index contributed by atoms with van der Waals surface area (Å²) in [5, 5.41) is 40.1. The second-order valence-corrected chi connectivity index (χ2v) is 9.17. The summed E-state index contributed by atoms with van der Waals surface area (Å²) in [7, 11) is 1.75. The van der Waals surface area contributed by atoms with Crippen LogP contribution in [0.1, 0.15) is 47.6 Å². The molecule has 7 nitrogen and oxygen atoms in total. The summed E-state index contributed by atoms with van der Waals surface area (Å²) in [4.78, 5) is 0. The summed E-state index contributed by atoms with van der Waals surface area (Å²) in [6.45, 7) is 1.58. The van der Waals surface area contributed by atoms with Crippen LogP contribution in [0.2, 0.25) is 0 Å². The van der Waals surface area contributed by atoms with E-state index in [9.17, 15) is 20.4 Å². The molecule has 0 spiro atoms. The molecule has 1 aliphatic heterocycles. The first kappa shape index (κ1) is 24.1. The van der Waals surface area contributed by atoms with E-state index in [1.54, 1.807) is 7.11 Å². The lowest BCUT2D eigenvalue weighted by Gasteiger charge is -2.40. The zero-order chi connectivity index (χ0) is 23.5. The highest BCUT2D eigenvalue weighted by Gasteiger charge is 2.44. The SMILES string of the molecule is CO[C@@H]1CCC(Oc2ccc(Cc3cc([C@@H]4O[C@H](CO)[C@@H](O)[C@H](O)[C@H]4O)ccc3C)cc2)C1. The van der Waals surface area contributed by atoms with E-state index >= 15 is 0 Å². The van der Waals surface area contributed by atoms with Gasteiger partial charge in [-0.05, 0) is 60.6 Å². The molecule has 4 rings (SSSR count). The van der Waals surface area contributed by atoms with E-state index in [4.69, 9.17) is 14.2 Å². The number of hydrogen-bond acceptors (Lipinski definition) is 7. The highest BCUT2D eigenvalue weighted by atomic mass is 16.5. The molecule has 33 heavy (non-hydrogen) atoms. The van der Waals surface area contributed by atoms with Crippen LogP contribution in [0.4, 0.5) is 0 Å². The van der Waals surface area contributed by atoms with Crippen LogP contribution in [-0.4, -0.2) is 70.8 Å². The number of aliphatic hydroxyl groups is 4. The summed E-state index contributed by atoms with van der Waals surface area (Å²) in [6.07, 6.45) is -1.69. The fourth-order valence-corrected chi connectivity index (χ4v) is 4.76. The average Bonchev–Trinajstić information content (AvgIpc) is 3.28. The summed E-state index contributed by atoms with van der Waals surface area (Å²) >= 11 is 0. The molecule has 1 saturated heterocycles. The fourth-order valence-electron chi connectivity index (χ4n) is 4.76. The number of aliphatic hydroxyl groups excluding tert-OH is 4. The van der Waals surface area contributed by atoms with Gasteiger partial charge in [-0.2, -0.15) is 0 Å². The van der Waals surface area contributed by atoms with Crippen molar-refractivity contribution < 1.29 is 34.6 Å². The van der Waals surface area contributed by atoms with Gasteiger partial charge in [0, 0.05) is 13.5 Å². The zero-order valence-corrected chi connectivity index (χ0v) is 19.1. The molecular weight excluding hydrogens is 424 g/mol. The Labute approximate surface area is 194 Å². The second kappa shape index (κ2) is 10.5. The number of hydrogen-bond donors (Lipinski definition) is 4. The minimum Gasteiger partial charge on any atom is -0.490 e. The average molecular weight is 459 g/mol. The molecular formula is C26H34O7. The molecule has 0 amide bonds. The third-order valence-electron chi connectivity index (χ3n) is 6.88. The lowest BCUT2D eigenvalue weighted by atomic mass is 9.89. The van der Waals surface area contributed by atoms with Gasteiger partial charge in [0.25, 0.3) is 0 Å². The molecule has 2 aromatic carbocycles. The maximum Gasteiger partial charge on any atom is 0.119 e. The Morgan fingerprint density at radius 1 is 0.939 bits per heavy atom. The molecule has 0 radical (unpaired) electrons. The first-order chi connectivity index (χ1) is 15.9. The van der Waals surface area contributed by atoms with Crippen LogP contribution in [-0.2, 0) is 15.9 Å². The highest BCUT2D eigenvalue weighted by molar-refractivity contribution is 5.38. The molecule has 4 N–H and O–H groups in total. The standard InChI is InChI=1S/C26H34O7/c1-15-3-6-17(26-25(30)24(29)23(28)22(14-27)33-26)12-18(15)11-16-4-7-19(8-5-16)32-21-10-9-20(13-21)31-2/h3-8,12,20-30H,9-11,13-14H2,1-2H3/t20-,21?,22-,23-,24+,25-,26+/m1/s1. The zero-order valence-electron chi connectivity index (χ0n) is 19.1. The monoisotopic (exact) mass is 458 g/mol. The minimum atomic E-state index is -1.39. The topological polar surface area (TPSA) is 109 Å². The lowest BCUT2D eigenvalue weighted by Crippen LogP contribution is -2.55. The Morgan fingerprint density at radius 3 is 2.33 bits per heavy atom. The number of aryl methyl sites for hydroxylation is 1. The summed E-state index contributed by atoms with van der Waals surface area (Å²) < 4.78 is 17.2. The predicted molar refractivity (Wildman–Crippen MR) is 122 cm³/mol. The van der Waals surface area contributed by atoms with Gasteiger partial charge in [-0.25, -0.2) is 0 Å². The van der Waals surface area contributed by atoms with Crippen LogP contribution in [0.3, 0.4) is 0 Å². The smallest absolute Gasteiger partial charge is 0.119 e. The molecule has 1 heterocycles. The van der Waals surface area contributed by atoms with Crippen molar-refractivity contribution in [3.8, 4) is 5.75 Å². The van der Waals surface area contributed by atoms with Crippen molar-refractivity contribution >= 4 is 0 Å². The Balaban J connectivity index is 1.45. The van der Waals surface area contributed by atoms with Crippen molar-refractivity contribution in [1.29, 1.82) is 0 Å². The van der Waals surface area contributed by atoms with Crippen LogP contribution in [0, 0.1) is 6.92 Å². The number of methoxy groups -OCH3 is 1. The van der Waals surface area contributed by atoms with Gasteiger partial charge >= 0.3 is 0 Å². The van der Waals surface area contributed by atoms with Gasteiger partial charge in [-0.15, -0.1) is 0 Å². The quantitative estimate of drug-likeness (QED) is 0.503. The number of benzene rings is 2. The summed E-state index contributed by atoms with van der Waals surface area (Å²) in [6, 6.07) is 13.8. The maximum atomic E-state index is 10.5. The van der Waals surface area contributed by atoms with E-state index in [1.165, 1.54) is 0 Å². The first-order valence-corrected chi connectivity index (χ1v) is 11.6. The Morgan fingerprint density at radius 2 is 1.67 bits per heavy atom. The van der Waals surface area contributed by atoms with Crippen molar-refractivity contribution in [3.63, 3.8) is 0 Å². The first-order valence-electron chi connectivity index (χ1n) is 11.6. The minimum absolute atomic E-state index is 0.193. The van der Waals surface area contributed by atoms with E-state index in [2.05, 4.69) is 12.1 Å². The van der Waals surface area contributed by atoms with E-state index in [1.807, 2.05) is 37.3 Å². The van der Waals surface area contributed by atoms with E-state index < -0.39 is 37.1 Å². The molecule has 1 aliphatic carbocycles. The molecule has 2 aromatic rings. The second-order valence-electron chi connectivity index (χ2n) is 9.17. The van der Waals surface area contributed by atoms with Crippen LogP contribution in [0.15, 0.2) is 42.5 Å². The molecule has 7 atom stereocenters. The molecule has 0 aromatic heterocycles. The van der Waals surface area contributed by atoms with Crippen molar-refractivity contribution in [3.05, 3.63) is 64.7 Å². The third-order valence-corrected chi connectivity index (χ3v) is 6.88. The van der Waals surface area contributed by atoms with Gasteiger partial charge in [-0.3, -0.25) is 0 Å². The molecule has 2 aliphatic rings. The van der Waals surface area contributed by atoms with Crippen molar-refractivity contribution in [1.82, 2.24) is 0 Å². The van der Waals surface area contributed by atoms with Crippen LogP contribution >= 0.6 is 0 Å². The van der Waals surface area contributed by atoms with Gasteiger partial charge in [0.15, 0.2) is 0 Å². The summed E-state index contributed by atoms with van der Waals surface area (Å²) in [5.41, 5.74) is 3.98. The Kier molecular flexibility index (Phi) is 7.69. The lowest BCUT2D eigenvalue weighted by molar-refractivity contribution is -0.231. The van der Waals surface area contributed by atoms with Gasteiger partial charge in [-0.1, -0.05) is 30.3 Å². The predicted octanol–water partition coefficient (Wildman–Crippen LogP) is 2.05. The van der Waals surface area contributed by atoms with Crippen molar-refractivity contribution in [2.45, 2.75) is 75.3 Å². The van der Waals surface area contributed by atoms with Crippen molar-refractivity contribution in [2.24, 2.45) is 0 Å². The molecule has 0 bridgehead atoms. The van der Waals surface area contributed by atoms with Gasteiger partial charge in [0.05, 0.1) is 12.7 Å². The van der Waals surface area contributed by atoms with E-state index in [0.717, 1.165) is 41.7 Å².